The van der Waals surface area contributed by atoms with Crippen LogP contribution in [-0.4, -0.2) is 112 Å². The van der Waals surface area contributed by atoms with Gasteiger partial charge in [0.2, 0.25) is 0 Å². The van der Waals surface area contributed by atoms with Crippen molar-refractivity contribution in [2.24, 2.45) is 35.5 Å². The molecule has 4 aliphatic carbocycles. The summed E-state index contributed by atoms with van der Waals surface area (Å²) in [5.41, 5.74) is -0.387. The van der Waals surface area contributed by atoms with E-state index in [0.29, 0.717) is 125 Å². The second-order valence-corrected chi connectivity index (χ2v) is 22.1. The van der Waals surface area contributed by atoms with Gasteiger partial charge in [-0.3, -0.25) is 28.8 Å². The number of nitriles is 1. The van der Waals surface area contributed by atoms with E-state index in [9.17, 15) is 53.2 Å². The van der Waals surface area contributed by atoms with Crippen molar-refractivity contribution in [2.75, 3.05) is 39.6 Å². The Balaban J connectivity index is 0.993. The minimum atomic E-state index is -1.00. The third-order valence-corrected chi connectivity index (χ3v) is 17.0. The number of benzene rings is 1. The van der Waals surface area contributed by atoms with Crippen molar-refractivity contribution in [3.05, 3.63) is 59.9 Å². The molecule has 1 aromatic rings. The number of nitrogens with zero attached hydrogens (tertiary/aromatic N) is 1. The van der Waals surface area contributed by atoms with E-state index in [-0.39, 0.29) is 108 Å². The van der Waals surface area contributed by atoms with Gasteiger partial charge in [0.25, 0.3) is 0 Å². The van der Waals surface area contributed by atoms with E-state index in [1.54, 1.807) is 0 Å². The van der Waals surface area contributed by atoms with Crippen molar-refractivity contribution in [3.63, 3.8) is 0 Å². The molecule has 1 aliphatic heterocycles. The molecule has 0 bridgehead atoms. The summed E-state index contributed by atoms with van der Waals surface area (Å²) in [5.74, 6) is -7.67. The highest BCUT2D eigenvalue weighted by molar-refractivity contribution is 8.24. The van der Waals surface area contributed by atoms with Crippen LogP contribution in [-0.2, 0) is 85.8 Å². The highest BCUT2D eigenvalue weighted by atomic mass is 32.2. The zero-order chi connectivity index (χ0) is 57.6. The minimum Gasteiger partial charge on any atom is -0.465 e. The smallest absolute Gasteiger partial charge is 0.350 e. The van der Waals surface area contributed by atoms with Gasteiger partial charge in [-0.25, -0.2) is 19.2 Å². The van der Waals surface area contributed by atoms with E-state index >= 15 is 0 Å². The summed E-state index contributed by atoms with van der Waals surface area (Å²) in [6, 6.07) is 4.81. The Morgan fingerprint density at radius 2 is 0.750 bits per heavy atom. The lowest BCUT2D eigenvalue weighted by atomic mass is 9.82. The molecule has 1 aromatic carbocycles. The van der Waals surface area contributed by atoms with Gasteiger partial charge in [0.1, 0.15) is 43.0 Å². The van der Waals surface area contributed by atoms with Crippen LogP contribution in [0.5, 0.6) is 11.5 Å². The fraction of sp³-hybridized carbons (Fsp3) is 0.561. The lowest BCUT2D eigenvalue weighted by molar-refractivity contribution is -0.161. The van der Waals surface area contributed by atoms with Gasteiger partial charge in [-0.1, -0.05) is 43.3 Å². The van der Waals surface area contributed by atoms with Crippen molar-refractivity contribution >= 4 is 83.2 Å². The minimum absolute atomic E-state index is 0.0952. The van der Waals surface area contributed by atoms with Crippen molar-refractivity contribution in [3.8, 4) is 17.6 Å². The molecule has 23 heteroatoms. The molecule has 0 radical (unpaired) electrons. The first kappa shape index (κ1) is 62.3. The van der Waals surface area contributed by atoms with Gasteiger partial charge in [0.05, 0.1) is 76.0 Å². The molecule has 0 spiro atoms. The fourth-order valence-electron chi connectivity index (χ4n) is 9.80. The lowest BCUT2D eigenvalue weighted by Crippen LogP contribution is -2.33. The van der Waals surface area contributed by atoms with Crippen LogP contribution < -0.4 is 9.47 Å². The number of esters is 10. The summed E-state index contributed by atoms with van der Waals surface area (Å²) in [6.45, 7) is 9.75. The number of thioether (sulfide) groups is 2. The van der Waals surface area contributed by atoms with Gasteiger partial charge in [0, 0.05) is 31.1 Å². The maximum Gasteiger partial charge on any atom is 0.350 e. The van der Waals surface area contributed by atoms with E-state index in [0.717, 1.165) is 41.8 Å². The summed E-state index contributed by atoms with van der Waals surface area (Å²) in [7, 11) is 0. The molecule has 80 heavy (non-hydrogen) atoms. The predicted molar refractivity (Wildman–Crippen MR) is 282 cm³/mol. The van der Waals surface area contributed by atoms with Gasteiger partial charge in [0.15, 0.2) is 5.57 Å². The number of ether oxygens (including phenoxy) is 10. The van der Waals surface area contributed by atoms with Crippen molar-refractivity contribution < 1.29 is 95.3 Å². The normalized spacial score (nSPS) is 23.1. The summed E-state index contributed by atoms with van der Waals surface area (Å²) in [4.78, 5) is 127. The van der Waals surface area contributed by atoms with Crippen molar-refractivity contribution in [1.29, 1.82) is 5.26 Å². The Bertz CT molecular complexity index is 2410. The van der Waals surface area contributed by atoms with Crippen LogP contribution in [0.3, 0.4) is 0 Å². The number of fused-ring (bicyclic) bond motifs is 1. The first-order valence-corrected chi connectivity index (χ1v) is 28.6. The molecule has 1 heterocycles. The van der Waals surface area contributed by atoms with Crippen molar-refractivity contribution in [2.45, 2.75) is 138 Å². The average Bonchev–Trinajstić information content (AvgIpc) is 4.02. The molecule has 0 saturated heterocycles. The Morgan fingerprint density at radius 1 is 0.438 bits per heavy atom. The maximum absolute atomic E-state index is 13.8. The number of hydrogen-bond donors (Lipinski definition) is 0. The molecular formula is C57H67NO20S2. The first-order valence-electron chi connectivity index (χ1n) is 27.0. The Hall–Kier alpha value is -6.93. The standard InChI is InChI=1S/C57H67NO20S2/c1-4-45(59)69-27-7-29-72-50(62)34-9-13-36(14-10-34)52(64)75-40-21-17-38(18-22-40)54(66)77-43-25-26-44(49-48(43)79-57(80-49)42(33-58)56(68)74-32-31-71-47(61)6-3)78-55(67)39-19-23-41(24-20-39)76-53(65)37-15-11-35(12-16-37)51(63)73-30-8-28-70-46(60)5-2/h4-6,25-26,34-41H,1-3,7-24,27-32H2. The number of carbonyl (C=O) groups is 10. The van der Waals surface area contributed by atoms with Gasteiger partial charge in [-0.05, 0) is 115 Å². The first-order chi connectivity index (χ1) is 38.6. The zero-order valence-corrected chi connectivity index (χ0v) is 46.2. The predicted octanol–water partition coefficient (Wildman–Crippen LogP) is 7.84. The molecule has 4 saturated carbocycles. The fourth-order valence-corrected chi connectivity index (χ4v) is 12.4. The topological polar surface area (TPSA) is 287 Å². The molecule has 0 unspecified atom stereocenters. The second-order valence-electron chi connectivity index (χ2n) is 19.8. The van der Waals surface area contributed by atoms with Crippen LogP contribution in [0.4, 0.5) is 0 Å². The molecule has 0 amide bonds. The number of carbonyl (C=O) groups excluding carboxylic acids is 10. The quantitative estimate of drug-likeness (QED) is 0.0225. The Morgan fingerprint density at radius 3 is 1.11 bits per heavy atom. The summed E-state index contributed by atoms with van der Waals surface area (Å²) in [6.07, 6.45) is 9.77. The van der Waals surface area contributed by atoms with E-state index in [1.165, 1.54) is 12.1 Å². The maximum atomic E-state index is 13.8. The SMILES string of the molecule is C=CC(=O)OCCCOC(=O)C1CCC(C(=O)OC2CCC(C(=O)Oc3ccc(OC(=O)C4CCC(OC(=O)C5CCC(C(=O)OCCCOC(=O)C=C)CC5)CC4)c4c3SC(=C(C#N)C(=O)OCCOC(=O)C=C)S4)CC2)CC1. The highest BCUT2D eigenvalue weighted by Gasteiger charge is 2.39. The third-order valence-electron chi connectivity index (χ3n) is 14.4. The molecule has 6 rings (SSSR count). The molecular weight excluding hydrogens is 1080 g/mol. The average molecular weight is 1150 g/mol. The highest BCUT2D eigenvalue weighted by Crippen LogP contribution is 2.59. The van der Waals surface area contributed by atoms with Crippen LogP contribution in [0.15, 0.2) is 69.7 Å². The molecule has 4 fully saturated rings. The Labute approximate surface area is 472 Å². The lowest BCUT2D eigenvalue weighted by Gasteiger charge is -2.30. The van der Waals surface area contributed by atoms with Crippen molar-refractivity contribution in [1.82, 2.24) is 0 Å². The number of hydrogen-bond acceptors (Lipinski definition) is 23. The van der Waals surface area contributed by atoms with Crippen LogP contribution in [0.2, 0.25) is 0 Å². The molecule has 5 aliphatic rings. The van der Waals surface area contributed by atoms with E-state index in [2.05, 4.69) is 19.7 Å². The molecule has 0 aromatic heterocycles. The monoisotopic (exact) mass is 1150 g/mol. The zero-order valence-electron chi connectivity index (χ0n) is 44.5. The Kier molecular flexibility index (Phi) is 24.7. The van der Waals surface area contributed by atoms with E-state index in [4.69, 9.17) is 47.4 Å². The van der Waals surface area contributed by atoms with Crippen LogP contribution in [0, 0.1) is 46.8 Å². The van der Waals surface area contributed by atoms with Crippen LogP contribution in [0.25, 0.3) is 0 Å². The summed E-state index contributed by atoms with van der Waals surface area (Å²) < 4.78 is 54.4. The summed E-state index contributed by atoms with van der Waals surface area (Å²) in [5, 5.41) is 10.1. The van der Waals surface area contributed by atoms with Gasteiger partial charge in [-0.2, -0.15) is 5.26 Å². The molecule has 0 atom stereocenters. The van der Waals surface area contributed by atoms with Gasteiger partial charge < -0.3 is 47.4 Å². The van der Waals surface area contributed by atoms with Crippen LogP contribution in [0.1, 0.15) is 116 Å². The number of rotatable bonds is 25. The van der Waals surface area contributed by atoms with Gasteiger partial charge >= 0.3 is 59.7 Å². The summed E-state index contributed by atoms with van der Waals surface area (Å²) >= 11 is 1.91. The van der Waals surface area contributed by atoms with E-state index in [1.807, 2.05) is 6.07 Å². The second kappa shape index (κ2) is 31.8. The van der Waals surface area contributed by atoms with Gasteiger partial charge in [-0.15, -0.1) is 0 Å². The molecule has 21 nitrogen and oxygen atoms in total. The third kappa shape index (κ3) is 18.6. The largest absolute Gasteiger partial charge is 0.465 e. The van der Waals surface area contributed by atoms with E-state index < -0.39 is 59.9 Å². The molecule has 0 N–H and O–H groups in total. The van der Waals surface area contributed by atoms with Crippen LogP contribution >= 0.6 is 23.5 Å². The molecule has 432 valence electrons.